The van der Waals surface area contributed by atoms with Crippen molar-refractivity contribution in [3.05, 3.63) is 45.8 Å². The van der Waals surface area contributed by atoms with E-state index in [-0.39, 0.29) is 23.0 Å². The Bertz CT molecular complexity index is 967. The zero-order valence-electron chi connectivity index (χ0n) is 14.5. The van der Waals surface area contributed by atoms with Gasteiger partial charge in [0.05, 0.1) is 22.6 Å². The number of nitriles is 1. The third kappa shape index (κ3) is 3.81. The van der Waals surface area contributed by atoms with Crippen molar-refractivity contribution < 1.29 is 13.2 Å². The Morgan fingerprint density at radius 1 is 1.23 bits per heavy atom. The summed E-state index contributed by atoms with van der Waals surface area (Å²) in [6.07, 6.45) is 4.22. The average Bonchev–Trinajstić information content (AvgIpc) is 2.98. The topological polar surface area (TPSA) is 87.0 Å². The summed E-state index contributed by atoms with van der Waals surface area (Å²) >= 11 is 1.50. The Kier molecular flexibility index (Phi) is 5.44. The van der Waals surface area contributed by atoms with Gasteiger partial charge in [0, 0.05) is 4.88 Å². The Balaban J connectivity index is 1.72. The van der Waals surface area contributed by atoms with Crippen molar-refractivity contribution in [3.63, 3.8) is 0 Å². The highest BCUT2D eigenvalue weighted by molar-refractivity contribution is 7.91. The number of thiophene rings is 1. The minimum Gasteiger partial charge on any atom is -0.316 e. The first-order valence-corrected chi connectivity index (χ1v) is 11.1. The smallest absolute Gasteiger partial charge is 0.229 e. The number of fused-ring (bicyclic) bond motifs is 1. The van der Waals surface area contributed by atoms with Crippen molar-refractivity contribution in [3.8, 4) is 6.07 Å². The molecule has 5 nitrogen and oxygen atoms in total. The summed E-state index contributed by atoms with van der Waals surface area (Å²) in [5.74, 6) is -0.154. The van der Waals surface area contributed by atoms with Crippen LogP contribution in [0.2, 0.25) is 0 Å². The largest absolute Gasteiger partial charge is 0.316 e. The molecule has 3 rings (SSSR count). The van der Waals surface area contributed by atoms with Gasteiger partial charge in [0.15, 0.2) is 9.84 Å². The van der Waals surface area contributed by atoms with Crippen molar-refractivity contribution in [2.24, 2.45) is 0 Å². The number of rotatable bonds is 5. The van der Waals surface area contributed by atoms with E-state index in [1.165, 1.54) is 28.3 Å². The molecule has 1 N–H and O–H groups in total. The standard InChI is InChI=1S/C19H20N2O3S2/c1-2-26(23,24)14-9-7-13(8-10-14)11-18(22)21-19-16(12-20)15-5-3-4-6-17(15)25-19/h7-10H,2-6,11H2,1H3,(H,21,22). The van der Waals surface area contributed by atoms with E-state index in [4.69, 9.17) is 0 Å². The summed E-state index contributed by atoms with van der Waals surface area (Å²) in [5.41, 5.74) is 2.42. The molecule has 0 spiro atoms. The van der Waals surface area contributed by atoms with Gasteiger partial charge in [-0.15, -0.1) is 11.3 Å². The molecule has 1 amide bonds. The Labute approximate surface area is 157 Å². The fourth-order valence-electron chi connectivity index (χ4n) is 3.11. The molecule has 0 fully saturated rings. The van der Waals surface area contributed by atoms with Crippen LogP contribution in [0, 0.1) is 11.3 Å². The zero-order chi connectivity index (χ0) is 18.7. The van der Waals surface area contributed by atoms with E-state index in [1.807, 2.05) is 0 Å². The molecule has 1 aromatic carbocycles. The third-order valence-electron chi connectivity index (χ3n) is 4.56. The van der Waals surface area contributed by atoms with Crippen molar-refractivity contribution in [1.82, 2.24) is 0 Å². The SMILES string of the molecule is CCS(=O)(=O)c1ccc(CC(=O)Nc2sc3c(c2C#N)CCCC3)cc1. The molecular weight excluding hydrogens is 368 g/mol. The van der Waals surface area contributed by atoms with Gasteiger partial charge in [0.2, 0.25) is 5.91 Å². The molecule has 0 aliphatic heterocycles. The molecular formula is C19H20N2O3S2. The molecule has 1 heterocycles. The fraction of sp³-hybridized carbons (Fsp3) is 0.368. The first kappa shape index (κ1) is 18.6. The van der Waals surface area contributed by atoms with Gasteiger partial charge in [-0.25, -0.2) is 8.42 Å². The lowest BCUT2D eigenvalue weighted by molar-refractivity contribution is -0.115. The van der Waals surface area contributed by atoms with Gasteiger partial charge in [-0.1, -0.05) is 19.1 Å². The molecule has 0 bridgehead atoms. The summed E-state index contributed by atoms with van der Waals surface area (Å²) in [6.45, 7) is 1.60. The van der Waals surface area contributed by atoms with Crippen LogP contribution in [0.5, 0.6) is 0 Å². The summed E-state index contributed by atoms with van der Waals surface area (Å²) in [7, 11) is -3.24. The first-order valence-electron chi connectivity index (χ1n) is 8.60. The molecule has 0 saturated heterocycles. The maximum Gasteiger partial charge on any atom is 0.229 e. The van der Waals surface area contributed by atoms with E-state index < -0.39 is 9.84 Å². The van der Waals surface area contributed by atoms with Crippen LogP contribution in [0.1, 0.15) is 41.3 Å². The van der Waals surface area contributed by atoms with Crippen LogP contribution in [0.3, 0.4) is 0 Å². The van der Waals surface area contributed by atoms with Crippen LogP contribution < -0.4 is 5.32 Å². The van der Waals surface area contributed by atoms with Crippen molar-refractivity contribution >= 4 is 32.1 Å². The van der Waals surface area contributed by atoms with Gasteiger partial charge < -0.3 is 5.32 Å². The fourth-order valence-corrected chi connectivity index (χ4v) is 5.25. The van der Waals surface area contributed by atoms with E-state index in [9.17, 15) is 18.5 Å². The molecule has 0 unspecified atom stereocenters. The molecule has 0 saturated carbocycles. The zero-order valence-corrected chi connectivity index (χ0v) is 16.2. The minimum atomic E-state index is -3.24. The normalized spacial score (nSPS) is 13.7. The number of carbonyl (C=O) groups is 1. The minimum absolute atomic E-state index is 0.0484. The maximum absolute atomic E-state index is 12.4. The van der Waals surface area contributed by atoms with Crippen molar-refractivity contribution in [2.45, 2.75) is 43.9 Å². The number of nitrogens with zero attached hydrogens (tertiary/aromatic N) is 1. The number of sulfone groups is 1. The molecule has 0 radical (unpaired) electrons. The number of hydrogen-bond donors (Lipinski definition) is 1. The Hall–Kier alpha value is -2.17. The van der Waals surface area contributed by atoms with Crippen LogP contribution in [0.15, 0.2) is 29.2 Å². The van der Waals surface area contributed by atoms with Crippen LogP contribution in [0.4, 0.5) is 5.00 Å². The van der Waals surface area contributed by atoms with E-state index in [0.29, 0.717) is 10.6 Å². The maximum atomic E-state index is 12.4. The van der Waals surface area contributed by atoms with Crippen molar-refractivity contribution in [1.29, 1.82) is 5.26 Å². The monoisotopic (exact) mass is 388 g/mol. The first-order chi connectivity index (χ1) is 12.4. The number of amides is 1. The quantitative estimate of drug-likeness (QED) is 0.849. The van der Waals surface area contributed by atoms with E-state index in [2.05, 4.69) is 11.4 Å². The molecule has 1 aliphatic rings. The van der Waals surface area contributed by atoms with E-state index in [1.54, 1.807) is 19.1 Å². The predicted molar refractivity (Wildman–Crippen MR) is 102 cm³/mol. The summed E-state index contributed by atoms with van der Waals surface area (Å²) in [6, 6.07) is 8.62. The molecule has 1 aromatic heterocycles. The second kappa shape index (κ2) is 7.60. The van der Waals surface area contributed by atoms with Gasteiger partial charge >= 0.3 is 0 Å². The van der Waals surface area contributed by atoms with Crippen LogP contribution in [0.25, 0.3) is 0 Å². The van der Waals surface area contributed by atoms with Gasteiger partial charge in [-0.2, -0.15) is 5.26 Å². The number of hydrogen-bond acceptors (Lipinski definition) is 5. The van der Waals surface area contributed by atoms with Crippen molar-refractivity contribution in [2.75, 3.05) is 11.1 Å². The Morgan fingerprint density at radius 2 is 1.92 bits per heavy atom. The number of anilines is 1. The van der Waals surface area contributed by atoms with Gasteiger partial charge in [-0.05, 0) is 48.9 Å². The molecule has 0 atom stereocenters. The Morgan fingerprint density at radius 3 is 2.58 bits per heavy atom. The summed E-state index contributed by atoms with van der Waals surface area (Å²) in [5, 5.41) is 12.9. The number of nitrogens with one attached hydrogen (secondary N) is 1. The molecule has 136 valence electrons. The summed E-state index contributed by atoms with van der Waals surface area (Å²) in [4.78, 5) is 13.8. The number of aryl methyl sites for hydroxylation is 1. The third-order valence-corrected chi connectivity index (χ3v) is 7.52. The van der Waals surface area contributed by atoms with E-state index >= 15 is 0 Å². The molecule has 1 aliphatic carbocycles. The molecule has 26 heavy (non-hydrogen) atoms. The number of carbonyl (C=O) groups excluding carboxylic acids is 1. The lowest BCUT2D eigenvalue weighted by Gasteiger charge is -2.09. The second-order valence-corrected chi connectivity index (χ2v) is 9.68. The van der Waals surface area contributed by atoms with E-state index in [0.717, 1.165) is 36.8 Å². The van der Waals surface area contributed by atoms with Gasteiger partial charge in [0.25, 0.3) is 0 Å². The van der Waals surface area contributed by atoms with Crippen LogP contribution in [-0.2, 0) is 33.9 Å². The highest BCUT2D eigenvalue weighted by atomic mass is 32.2. The molecule has 2 aromatic rings. The van der Waals surface area contributed by atoms with Crippen LogP contribution >= 0.6 is 11.3 Å². The predicted octanol–water partition coefficient (Wildman–Crippen LogP) is 3.47. The van der Waals surface area contributed by atoms with Gasteiger partial charge in [0.1, 0.15) is 11.1 Å². The highest BCUT2D eigenvalue weighted by Crippen LogP contribution is 2.37. The highest BCUT2D eigenvalue weighted by Gasteiger charge is 2.21. The summed E-state index contributed by atoms with van der Waals surface area (Å²) < 4.78 is 23.7. The lowest BCUT2D eigenvalue weighted by Crippen LogP contribution is -2.14. The van der Waals surface area contributed by atoms with Crippen LogP contribution in [-0.4, -0.2) is 20.1 Å². The lowest BCUT2D eigenvalue weighted by atomic mass is 9.96. The second-order valence-electron chi connectivity index (χ2n) is 6.30. The molecule has 7 heteroatoms. The van der Waals surface area contributed by atoms with Gasteiger partial charge in [-0.3, -0.25) is 4.79 Å². The average molecular weight is 389 g/mol. The number of benzene rings is 1.